The Bertz CT molecular complexity index is 285. The molecule has 1 aromatic heterocycles. The van der Waals surface area contributed by atoms with Crippen LogP contribution in [-0.4, -0.2) is 18.1 Å². The summed E-state index contributed by atoms with van der Waals surface area (Å²) in [5.74, 6) is 1.54. The van der Waals surface area contributed by atoms with Crippen LogP contribution < -0.4 is 14.6 Å². The Morgan fingerprint density at radius 1 is 1.75 bits per heavy atom. The molecule has 1 aromatic rings. The third kappa shape index (κ3) is 1.08. The van der Waals surface area contributed by atoms with Crippen LogP contribution in [0.15, 0.2) is 6.33 Å². The summed E-state index contributed by atoms with van der Waals surface area (Å²) >= 11 is 5.82. The van der Waals surface area contributed by atoms with Crippen molar-refractivity contribution in [2.45, 2.75) is 0 Å². The molecular weight excluding hydrogens is 178 g/mol. The van der Waals surface area contributed by atoms with Gasteiger partial charge in [-0.3, -0.25) is 5.32 Å². The van der Waals surface area contributed by atoms with Crippen LogP contribution in [-0.2, 0) is 7.05 Å². The van der Waals surface area contributed by atoms with Gasteiger partial charge in [0.1, 0.15) is 6.61 Å². The van der Waals surface area contributed by atoms with Gasteiger partial charge in [0.05, 0.1) is 13.6 Å². The van der Waals surface area contributed by atoms with Crippen molar-refractivity contribution in [2.75, 3.05) is 18.5 Å². The predicted molar refractivity (Wildman–Crippen MR) is 44.4 cm³/mol. The lowest BCUT2D eigenvalue weighted by Crippen LogP contribution is -2.37. The van der Waals surface area contributed by atoms with Gasteiger partial charge in [0, 0.05) is 0 Å². The molecular formula is C7H9ClN3O+. The van der Waals surface area contributed by atoms with E-state index in [1.54, 1.807) is 6.33 Å². The second-order valence-corrected chi connectivity index (χ2v) is 2.96. The Labute approximate surface area is 75.1 Å². The van der Waals surface area contributed by atoms with Gasteiger partial charge in [-0.25, -0.2) is 4.57 Å². The van der Waals surface area contributed by atoms with E-state index in [1.807, 2.05) is 11.6 Å². The van der Waals surface area contributed by atoms with Crippen molar-refractivity contribution in [2.24, 2.45) is 7.05 Å². The lowest BCUT2D eigenvalue weighted by molar-refractivity contribution is -0.660. The molecule has 64 valence electrons. The molecule has 0 atom stereocenters. The molecule has 0 saturated carbocycles. The summed E-state index contributed by atoms with van der Waals surface area (Å²) in [7, 11) is 1.89. The molecule has 0 bridgehead atoms. The molecule has 1 aliphatic heterocycles. The second kappa shape index (κ2) is 2.79. The van der Waals surface area contributed by atoms with E-state index in [9.17, 15) is 0 Å². The lowest BCUT2D eigenvalue weighted by Gasteiger charge is -2.15. The number of anilines is 1. The molecule has 0 saturated heterocycles. The molecule has 2 heterocycles. The molecule has 0 spiro atoms. The Balaban J connectivity index is 2.57. The first kappa shape index (κ1) is 7.61. The fourth-order valence-electron chi connectivity index (χ4n) is 1.17. The van der Waals surface area contributed by atoms with E-state index in [0.717, 1.165) is 12.4 Å². The number of halogens is 1. The predicted octanol–water partition coefficient (Wildman–Crippen LogP) is 0.364. The zero-order chi connectivity index (χ0) is 8.55. The Morgan fingerprint density at radius 2 is 2.58 bits per heavy atom. The molecule has 1 N–H and O–H groups in total. The highest BCUT2D eigenvalue weighted by molar-refractivity contribution is 6.31. The highest BCUT2D eigenvalue weighted by Crippen LogP contribution is 2.29. The fourth-order valence-corrected chi connectivity index (χ4v) is 1.35. The highest BCUT2D eigenvalue weighted by atomic mass is 35.5. The summed E-state index contributed by atoms with van der Waals surface area (Å²) in [6.45, 7) is 1.44. The third-order valence-electron chi connectivity index (χ3n) is 1.74. The average molecular weight is 187 g/mol. The monoisotopic (exact) mass is 186 g/mol. The number of hydrogen-bond donors (Lipinski definition) is 1. The van der Waals surface area contributed by atoms with Crippen molar-refractivity contribution in [3.05, 3.63) is 11.5 Å². The first-order valence-electron chi connectivity index (χ1n) is 3.70. The largest absolute Gasteiger partial charge is 0.480 e. The second-order valence-electron chi connectivity index (χ2n) is 2.60. The van der Waals surface area contributed by atoms with Gasteiger partial charge in [0.25, 0.3) is 11.0 Å². The maximum atomic E-state index is 5.82. The van der Waals surface area contributed by atoms with Crippen LogP contribution in [0.25, 0.3) is 0 Å². The number of ether oxygens (including phenoxy) is 1. The number of nitrogens with zero attached hydrogens (tertiary/aromatic N) is 2. The van der Waals surface area contributed by atoms with Crippen LogP contribution in [0.3, 0.4) is 0 Å². The number of nitrogens with one attached hydrogen (secondary N) is 1. The van der Waals surface area contributed by atoms with Crippen LogP contribution in [0.2, 0.25) is 5.15 Å². The van der Waals surface area contributed by atoms with E-state index < -0.39 is 0 Å². The number of aryl methyl sites for hydroxylation is 1. The fraction of sp³-hybridized carbons (Fsp3) is 0.429. The summed E-state index contributed by atoms with van der Waals surface area (Å²) in [6, 6.07) is 0. The first-order chi connectivity index (χ1) is 5.79. The van der Waals surface area contributed by atoms with Crippen molar-refractivity contribution in [3.8, 4) is 5.75 Å². The minimum Gasteiger partial charge on any atom is -0.480 e. The van der Waals surface area contributed by atoms with Crippen molar-refractivity contribution in [1.82, 2.24) is 4.98 Å². The van der Waals surface area contributed by atoms with Crippen molar-refractivity contribution < 1.29 is 9.30 Å². The van der Waals surface area contributed by atoms with Gasteiger partial charge in [-0.05, 0) is 11.6 Å². The summed E-state index contributed by atoms with van der Waals surface area (Å²) in [6.07, 6.45) is 1.66. The number of hydrogen-bond acceptors (Lipinski definition) is 3. The van der Waals surface area contributed by atoms with Gasteiger partial charge < -0.3 is 4.74 Å². The normalized spacial score (nSPS) is 14.5. The van der Waals surface area contributed by atoms with E-state index in [4.69, 9.17) is 16.3 Å². The molecule has 0 radical (unpaired) electrons. The van der Waals surface area contributed by atoms with Gasteiger partial charge in [0.15, 0.2) is 0 Å². The maximum Gasteiger partial charge on any atom is 0.269 e. The SMILES string of the molecule is C[n+]1cnc(Cl)c2c1NCCO2. The van der Waals surface area contributed by atoms with Gasteiger partial charge in [-0.15, -0.1) is 0 Å². The smallest absolute Gasteiger partial charge is 0.269 e. The van der Waals surface area contributed by atoms with Crippen molar-refractivity contribution in [3.63, 3.8) is 0 Å². The van der Waals surface area contributed by atoms with E-state index in [2.05, 4.69) is 10.3 Å². The Hall–Kier alpha value is -1.03. The minimum atomic E-state index is 0.412. The standard InChI is InChI=1S/C7H8ClN3O/c1-11-4-10-6(8)5-7(11)9-2-3-12-5/h4H,2-3H2,1H3/p+1. The zero-order valence-corrected chi connectivity index (χ0v) is 7.43. The van der Waals surface area contributed by atoms with Gasteiger partial charge in [-0.2, -0.15) is 0 Å². The molecule has 0 fully saturated rings. The Morgan fingerprint density at radius 3 is 3.33 bits per heavy atom. The van der Waals surface area contributed by atoms with Gasteiger partial charge in [-0.1, -0.05) is 4.98 Å². The number of rotatable bonds is 0. The van der Waals surface area contributed by atoms with Crippen LogP contribution in [0.5, 0.6) is 5.75 Å². The molecule has 0 unspecified atom stereocenters. The lowest BCUT2D eigenvalue weighted by atomic mass is 10.4. The summed E-state index contributed by atoms with van der Waals surface area (Å²) in [5, 5.41) is 3.60. The Kier molecular flexibility index (Phi) is 1.77. The van der Waals surface area contributed by atoms with E-state index in [0.29, 0.717) is 17.5 Å². The first-order valence-corrected chi connectivity index (χ1v) is 4.07. The quantitative estimate of drug-likeness (QED) is 0.470. The van der Waals surface area contributed by atoms with Crippen LogP contribution >= 0.6 is 11.6 Å². The summed E-state index contributed by atoms with van der Waals surface area (Å²) in [4.78, 5) is 3.96. The van der Waals surface area contributed by atoms with Gasteiger partial charge >= 0.3 is 0 Å². The molecule has 12 heavy (non-hydrogen) atoms. The van der Waals surface area contributed by atoms with Crippen LogP contribution in [0.1, 0.15) is 0 Å². The van der Waals surface area contributed by atoms with Crippen molar-refractivity contribution in [1.29, 1.82) is 0 Å². The maximum absolute atomic E-state index is 5.82. The molecule has 5 heteroatoms. The molecule has 4 nitrogen and oxygen atoms in total. The average Bonchev–Trinajstić information content (AvgIpc) is 2.12. The molecule has 2 rings (SSSR count). The van der Waals surface area contributed by atoms with E-state index in [1.165, 1.54) is 0 Å². The van der Waals surface area contributed by atoms with Crippen LogP contribution in [0, 0.1) is 0 Å². The summed E-state index contributed by atoms with van der Waals surface area (Å²) in [5.41, 5.74) is 0. The zero-order valence-electron chi connectivity index (χ0n) is 6.67. The number of fused-ring (bicyclic) bond motifs is 1. The van der Waals surface area contributed by atoms with E-state index in [-0.39, 0.29) is 0 Å². The third-order valence-corrected chi connectivity index (χ3v) is 2.01. The molecule has 1 aliphatic rings. The minimum absolute atomic E-state index is 0.412. The molecule has 0 aliphatic carbocycles. The van der Waals surface area contributed by atoms with Crippen molar-refractivity contribution >= 4 is 17.4 Å². The molecule has 0 aromatic carbocycles. The number of aromatic nitrogens is 2. The highest BCUT2D eigenvalue weighted by Gasteiger charge is 2.22. The van der Waals surface area contributed by atoms with Crippen LogP contribution in [0.4, 0.5) is 5.82 Å². The summed E-state index contributed by atoms with van der Waals surface area (Å²) < 4.78 is 7.20. The molecule has 0 amide bonds. The van der Waals surface area contributed by atoms with E-state index >= 15 is 0 Å². The topological polar surface area (TPSA) is 38.0 Å². The van der Waals surface area contributed by atoms with Gasteiger partial charge in [0.2, 0.25) is 12.1 Å².